The van der Waals surface area contributed by atoms with Crippen LogP contribution in [0.25, 0.3) is 5.57 Å². The summed E-state index contributed by atoms with van der Waals surface area (Å²) < 4.78 is 1.23. The summed E-state index contributed by atoms with van der Waals surface area (Å²) in [4.78, 5) is 2.30. The Morgan fingerprint density at radius 1 is 1.36 bits per heavy atom. The van der Waals surface area contributed by atoms with E-state index in [0.29, 0.717) is 0 Å². The van der Waals surface area contributed by atoms with E-state index in [0.717, 1.165) is 0 Å². The zero-order chi connectivity index (χ0) is 8.10. The minimum absolute atomic E-state index is 0.190. The van der Waals surface area contributed by atoms with Crippen molar-refractivity contribution in [2.24, 2.45) is 0 Å². The quantitative estimate of drug-likeness (QED) is 0.733. The first kappa shape index (κ1) is 8.84. The van der Waals surface area contributed by atoms with Gasteiger partial charge >= 0.3 is 78.4 Å². The number of allylic oxidation sites excluding steroid dienone is 1. The van der Waals surface area contributed by atoms with Crippen molar-refractivity contribution in [1.82, 2.24) is 0 Å². The number of rotatable bonds is 3. The van der Waals surface area contributed by atoms with Crippen molar-refractivity contribution in [3.05, 3.63) is 42.5 Å². The summed E-state index contributed by atoms with van der Waals surface area (Å²) in [6.45, 7) is 4.05. The Bertz CT molecular complexity index is 226. The van der Waals surface area contributed by atoms with Crippen LogP contribution in [0.1, 0.15) is 5.56 Å². The van der Waals surface area contributed by atoms with E-state index in [1.54, 1.807) is 0 Å². The average Bonchev–Trinajstić information content (AvgIpc) is 2.07. The van der Waals surface area contributed by atoms with Crippen LogP contribution in [0.4, 0.5) is 0 Å². The molecule has 0 unspecified atom stereocenters. The van der Waals surface area contributed by atoms with Gasteiger partial charge in [0, 0.05) is 0 Å². The van der Waals surface area contributed by atoms with Gasteiger partial charge in [-0.2, -0.15) is 0 Å². The molecule has 1 heteroatoms. The molecule has 58 valence electrons. The van der Waals surface area contributed by atoms with Gasteiger partial charge in [-0.05, 0) is 0 Å². The van der Waals surface area contributed by atoms with E-state index in [2.05, 4.69) is 35.8 Å². The molecule has 0 aromatic heterocycles. The van der Waals surface area contributed by atoms with Gasteiger partial charge < -0.3 is 0 Å². The van der Waals surface area contributed by atoms with E-state index in [1.165, 1.54) is 15.6 Å². The summed E-state index contributed by atoms with van der Waals surface area (Å²) in [5.74, 6) is 0. The standard InChI is InChI=1S/C10H12Te/c1-9(8-11-2)10-6-4-3-5-7-10/h3-7H,1,8H2,2H3. The van der Waals surface area contributed by atoms with Gasteiger partial charge in [0.1, 0.15) is 0 Å². The van der Waals surface area contributed by atoms with Crippen LogP contribution in [-0.4, -0.2) is 20.9 Å². The van der Waals surface area contributed by atoms with Gasteiger partial charge in [0.15, 0.2) is 0 Å². The Balaban J connectivity index is 2.69. The monoisotopic (exact) mass is 262 g/mol. The first-order chi connectivity index (χ1) is 5.34. The SMILES string of the molecule is C=C(C[Te]C)c1ccccc1. The summed E-state index contributed by atoms with van der Waals surface area (Å²) >= 11 is 0.190. The first-order valence-electron chi connectivity index (χ1n) is 3.56. The second-order valence-corrected chi connectivity index (χ2v) is 4.87. The van der Waals surface area contributed by atoms with Crippen molar-refractivity contribution >= 4 is 26.5 Å². The molecular formula is C10H12Te. The third kappa shape index (κ3) is 2.69. The van der Waals surface area contributed by atoms with Crippen LogP contribution < -0.4 is 0 Å². The molecule has 0 bridgehead atoms. The van der Waals surface area contributed by atoms with Gasteiger partial charge in [0.05, 0.1) is 0 Å². The summed E-state index contributed by atoms with van der Waals surface area (Å²) in [5.41, 5.74) is 2.61. The van der Waals surface area contributed by atoms with Gasteiger partial charge in [-0.3, -0.25) is 0 Å². The molecule has 1 rings (SSSR count). The molecule has 1 aromatic carbocycles. The van der Waals surface area contributed by atoms with Crippen molar-refractivity contribution in [2.45, 2.75) is 9.44 Å². The molecule has 0 saturated carbocycles. The third-order valence-electron chi connectivity index (χ3n) is 1.50. The molecule has 0 fully saturated rings. The van der Waals surface area contributed by atoms with Crippen molar-refractivity contribution in [3.8, 4) is 0 Å². The molecule has 0 N–H and O–H groups in total. The van der Waals surface area contributed by atoms with Crippen LogP contribution >= 0.6 is 0 Å². The first-order valence-corrected chi connectivity index (χ1v) is 7.54. The van der Waals surface area contributed by atoms with E-state index in [-0.39, 0.29) is 20.9 Å². The topological polar surface area (TPSA) is 0 Å². The zero-order valence-corrected chi connectivity index (χ0v) is 9.04. The Kier molecular flexibility index (Phi) is 3.69. The van der Waals surface area contributed by atoms with Gasteiger partial charge in [-0.15, -0.1) is 0 Å². The summed E-state index contributed by atoms with van der Waals surface area (Å²) in [7, 11) is 0. The molecular weight excluding hydrogens is 248 g/mol. The van der Waals surface area contributed by atoms with Crippen molar-refractivity contribution in [1.29, 1.82) is 0 Å². The molecule has 0 amide bonds. The van der Waals surface area contributed by atoms with Crippen LogP contribution in [0, 0.1) is 0 Å². The zero-order valence-electron chi connectivity index (χ0n) is 6.71. The maximum absolute atomic E-state index is 4.05. The summed E-state index contributed by atoms with van der Waals surface area (Å²) in [5, 5.41) is 0. The molecule has 0 nitrogen and oxygen atoms in total. The Hall–Kier alpha value is -0.250. The van der Waals surface area contributed by atoms with E-state index in [4.69, 9.17) is 0 Å². The number of hydrogen-bond acceptors (Lipinski definition) is 0. The average molecular weight is 260 g/mol. The molecule has 0 aliphatic rings. The van der Waals surface area contributed by atoms with E-state index < -0.39 is 0 Å². The van der Waals surface area contributed by atoms with Crippen LogP contribution in [0.3, 0.4) is 0 Å². The van der Waals surface area contributed by atoms with Gasteiger partial charge in [-0.25, -0.2) is 0 Å². The fraction of sp³-hybridized carbons (Fsp3) is 0.200. The summed E-state index contributed by atoms with van der Waals surface area (Å²) in [6, 6.07) is 10.4. The van der Waals surface area contributed by atoms with E-state index >= 15 is 0 Å². The van der Waals surface area contributed by atoms with Crippen molar-refractivity contribution in [3.63, 3.8) is 0 Å². The fourth-order valence-corrected chi connectivity index (χ4v) is 2.40. The normalized spacial score (nSPS) is 9.55. The minimum atomic E-state index is 0.190. The Morgan fingerprint density at radius 3 is 2.55 bits per heavy atom. The molecule has 1 aromatic rings. The number of benzene rings is 1. The fourth-order valence-electron chi connectivity index (χ4n) is 0.931. The van der Waals surface area contributed by atoms with E-state index in [9.17, 15) is 0 Å². The van der Waals surface area contributed by atoms with Crippen LogP contribution in [0.15, 0.2) is 36.9 Å². The van der Waals surface area contributed by atoms with Gasteiger partial charge in [0.2, 0.25) is 0 Å². The molecule has 0 atom stereocenters. The molecule has 0 spiro atoms. The maximum atomic E-state index is 4.05. The van der Waals surface area contributed by atoms with Crippen LogP contribution in [-0.2, 0) is 0 Å². The number of hydrogen-bond donors (Lipinski definition) is 0. The Labute approximate surface area is 78.4 Å². The molecule has 0 saturated heterocycles. The van der Waals surface area contributed by atoms with Crippen LogP contribution in [0.2, 0.25) is 9.44 Å². The predicted molar refractivity (Wildman–Crippen MR) is 51.9 cm³/mol. The predicted octanol–water partition coefficient (Wildman–Crippen LogP) is 2.87. The second kappa shape index (κ2) is 4.59. The van der Waals surface area contributed by atoms with Gasteiger partial charge in [0.25, 0.3) is 0 Å². The van der Waals surface area contributed by atoms with Crippen LogP contribution in [0.5, 0.6) is 0 Å². The van der Waals surface area contributed by atoms with Crippen molar-refractivity contribution < 1.29 is 0 Å². The molecule has 0 aliphatic heterocycles. The van der Waals surface area contributed by atoms with E-state index in [1.807, 2.05) is 6.07 Å². The Morgan fingerprint density at radius 2 is 2.00 bits per heavy atom. The summed E-state index contributed by atoms with van der Waals surface area (Å²) in [6.07, 6.45) is 0. The molecule has 0 radical (unpaired) electrons. The van der Waals surface area contributed by atoms with Gasteiger partial charge in [-0.1, -0.05) is 0 Å². The molecule has 11 heavy (non-hydrogen) atoms. The molecule has 0 heterocycles. The third-order valence-corrected chi connectivity index (χ3v) is 3.32. The second-order valence-electron chi connectivity index (χ2n) is 2.40. The van der Waals surface area contributed by atoms with Crippen molar-refractivity contribution in [2.75, 3.05) is 0 Å². The molecule has 0 aliphatic carbocycles.